The molecule has 0 radical (unpaired) electrons. The smallest absolute Gasteiger partial charge is 0.267 e. The first-order valence-electron chi connectivity index (χ1n) is 20.5. The average molecular weight is 920 g/mol. The second-order valence-electron chi connectivity index (χ2n) is 16.4. The van der Waals surface area contributed by atoms with Crippen LogP contribution in [0.25, 0.3) is 38.9 Å². The largest absolute Gasteiger partial charge is 0.344 e. The Bertz CT molecular complexity index is 3130. The number of benzene rings is 3. The summed E-state index contributed by atoms with van der Waals surface area (Å²) in [4.78, 5) is 39.3. The van der Waals surface area contributed by atoms with Crippen LogP contribution in [0, 0.1) is 23.4 Å². The van der Waals surface area contributed by atoms with Crippen molar-refractivity contribution in [2.75, 3.05) is 4.72 Å². The molecule has 2 aliphatic carbocycles. The second-order valence-corrected chi connectivity index (χ2v) is 18.8. The summed E-state index contributed by atoms with van der Waals surface area (Å²) in [5.74, 6) is -3.84. The van der Waals surface area contributed by atoms with E-state index in [-0.39, 0.29) is 79.4 Å². The van der Waals surface area contributed by atoms with Gasteiger partial charge in [0.2, 0.25) is 15.9 Å². The zero-order valence-electron chi connectivity index (χ0n) is 34.2. The van der Waals surface area contributed by atoms with Crippen molar-refractivity contribution in [2.24, 2.45) is 5.92 Å². The fraction of sp³-hybridized carbons (Fsp3) is 0.318. The number of pyridine rings is 1. The van der Waals surface area contributed by atoms with Gasteiger partial charge in [0.05, 0.1) is 49.7 Å². The summed E-state index contributed by atoms with van der Waals surface area (Å²) in [6.07, 6.45) is 0.948. The normalized spacial score (nSPS) is 15.3. The minimum absolute atomic E-state index is 0.0359. The zero-order chi connectivity index (χ0) is 45.2. The molecule has 4 aromatic heterocycles. The maximum atomic E-state index is 15.2. The molecule has 3 aromatic carbocycles. The van der Waals surface area contributed by atoms with Gasteiger partial charge < -0.3 is 5.32 Å². The third-order valence-corrected chi connectivity index (χ3v) is 13.4. The number of aromatic nitrogens is 7. The van der Waals surface area contributed by atoms with Gasteiger partial charge in [-0.05, 0) is 91.8 Å². The SMILES string of the molecule is CC(C)[C@H](C(=O)N[C@@H](Cc1cc(F)cc(F)c1)c1nc2nc(-c3ccccc3F)ccc2c(=O)n1-c1ccc(Cl)c2c(NS(=O)(=O)C3CC3)nn(CC(F)F)c12)n1ccc(C2CC2)n1. The summed E-state index contributed by atoms with van der Waals surface area (Å²) in [5, 5.41) is 10.8. The first kappa shape index (κ1) is 43.1. The molecule has 0 aliphatic heterocycles. The fourth-order valence-electron chi connectivity index (χ4n) is 8.00. The third kappa shape index (κ3) is 8.45. The van der Waals surface area contributed by atoms with Gasteiger partial charge in [0, 0.05) is 30.2 Å². The van der Waals surface area contributed by atoms with Crippen LogP contribution in [-0.4, -0.2) is 60.1 Å². The molecule has 0 saturated heterocycles. The number of anilines is 1. The molecule has 7 aromatic rings. The summed E-state index contributed by atoms with van der Waals surface area (Å²) in [6, 6.07) is 13.4. The highest BCUT2D eigenvalue weighted by Crippen LogP contribution is 2.40. The first-order valence-corrected chi connectivity index (χ1v) is 22.5. The van der Waals surface area contributed by atoms with Crippen LogP contribution >= 0.6 is 11.6 Å². The Balaban J connectivity index is 1.30. The van der Waals surface area contributed by atoms with E-state index < -0.39 is 69.2 Å². The minimum atomic E-state index is -4.03. The number of carbonyl (C=O) groups excluding carboxylic acids is 1. The highest BCUT2D eigenvalue weighted by molar-refractivity contribution is 7.93. The molecule has 64 heavy (non-hydrogen) atoms. The quantitative estimate of drug-likeness (QED) is 0.0971. The standard InChI is InChI=1S/C44H39ClF5N9O4S/c1-22(2)38(57-16-15-32(54-57)24-7-8-24)43(60)52-34(19-23-17-25(46)20-26(47)18-23)42-53-40-29(11-13-33(51-40)28-5-3-4-6-31(28)48)44(61)59(42)35-14-12-30(45)37-39(35)58(21-36(49)50)55-41(37)56-64(62,63)27-9-10-27/h3-6,11-18,20,22,24,27,34,36,38H,7-10,19,21H2,1-2H3,(H,52,60)(H,55,56)/t34-,38+/m0/s1. The van der Waals surface area contributed by atoms with Crippen LogP contribution in [-0.2, 0) is 27.8 Å². The van der Waals surface area contributed by atoms with Crippen molar-refractivity contribution in [1.29, 1.82) is 0 Å². The Morgan fingerprint density at radius 3 is 2.33 bits per heavy atom. The van der Waals surface area contributed by atoms with Gasteiger partial charge in [-0.2, -0.15) is 10.2 Å². The molecule has 2 saturated carbocycles. The van der Waals surface area contributed by atoms with E-state index in [1.807, 2.05) is 19.9 Å². The van der Waals surface area contributed by atoms with E-state index in [0.717, 1.165) is 39.9 Å². The van der Waals surface area contributed by atoms with Crippen LogP contribution in [0.3, 0.4) is 0 Å². The number of nitrogens with one attached hydrogen (secondary N) is 2. The van der Waals surface area contributed by atoms with Crippen molar-refractivity contribution in [3.05, 3.63) is 129 Å². The molecule has 0 spiro atoms. The van der Waals surface area contributed by atoms with E-state index in [9.17, 15) is 30.8 Å². The Hall–Kier alpha value is -6.21. The summed E-state index contributed by atoms with van der Waals surface area (Å²) in [5.41, 5.74) is -0.406. The van der Waals surface area contributed by atoms with Gasteiger partial charge in [0.25, 0.3) is 12.0 Å². The number of amides is 1. The van der Waals surface area contributed by atoms with Crippen molar-refractivity contribution in [1.82, 2.24) is 39.4 Å². The lowest BCUT2D eigenvalue weighted by atomic mass is 10.0. The van der Waals surface area contributed by atoms with E-state index in [1.165, 1.54) is 47.1 Å². The molecule has 2 N–H and O–H groups in total. The molecular weight excluding hydrogens is 881 g/mol. The van der Waals surface area contributed by atoms with Crippen molar-refractivity contribution < 1.29 is 35.2 Å². The van der Waals surface area contributed by atoms with Gasteiger partial charge in [0.15, 0.2) is 11.5 Å². The van der Waals surface area contributed by atoms with Gasteiger partial charge in [-0.3, -0.25) is 28.2 Å². The molecule has 332 valence electrons. The highest BCUT2D eigenvalue weighted by Gasteiger charge is 2.38. The zero-order valence-corrected chi connectivity index (χ0v) is 35.7. The van der Waals surface area contributed by atoms with Crippen LogP contribution in [0.15, 0.2) is 83.8 Å². The van der Waals surface area contributed by atoms with Gasteiger partial charge in [-0.25, -0.2) is 40.3 Å². The molecule has 9 rings (SSSR count). The van der Waals surface area contributed by atoms with Gasteiger partial charge >= 0.3 is 0 Å². The highest BCUT2D eigenvalue weighted by atomic mass is 35.5. The maximum Gasteiger partial charge on any atom is 0.267 e. The van der Waals surface area contributed by atoms with E-state index in [2.05, 4.69) is 20.1 Å². The van der Waals surface area contributed by atoms with Crippen molar-refractivity contribution in [2.45, 2.75) is 82.2 Å². The molecule has 0 unspecified atom stereocenters. The molecule has 4 heterocycles. The summed E-state index contributed by atoms with van der Waals surface area (Å²) in [6.45, 7) is 2.54. The minimum Gasteiger partial charge on any atom is -0.344 e. The maximum absolute atomic E-state index is 15.2. The van der Waals surface area contributed by atoms with Crippen molar-refractivity contribution in [3.8, 4) is 16.9 Å². The van der Waals surface area contributed by atoms with Crippen molar-refractivity contribution in [3.63, 3.8) is 0 Å². The van der Waals surface area contributed by atoms with Gasteiger partial charge in [-0.1, -0.05) is 37.6 Å². The van der Waals surface area contributed by atoms with E-state index in [4.69, 9.17) is 21.7 Å². The predicted molar refractivity (Wildman–Crippen MR) is 229 cm³/mol. The number of nitrogens with zero attached hydrogens (tertiary/aromatic N) is 7. The second kappa shape index (κ2) is 16.7. The lowest BCUT2D eigenvalue weighted by Gasteiger charge is -2.27. The van der Waals surface area contributed by atoms with E-state index in [1.54, 1.807) is 12.3 Å². The van der Waals surface area contributed by atoms with Crippen LogP contribution < -0.4 is 15.6 Å². The molecule has 2 fully saturated rings. The Morgan fingerprint density at radius 1 is 0.922 bits per heavy atom. The lowest BCUT2D eigenvalue weighted by Crippen LogP contribution is -2.41. The molecule has 1 amide bonds. The Morgan fingerprint density at radius 2 is 1.66 bits per heavy atom. The van der Waals surface area contributed by atoms with Crippen LogP contribution in [0.1, 0.15) is 74.6 Å². The number of sulfonamides is 1. The topological polar surface area (TPSA) is 159 Å². The molecule has 2 atom stereocenters. The molecule has 2 aliphatic rings. The van der Waals surface area contributed by atoms with Crippen LogP contribution in [0.5, 0.6) is 0 Å². The predicted octanol–water partition coefficient (Wildman–Crippen LogP) is 8.41. The fourth-order valence-corrected chi connectivity index (χ4v) is 9.58. The lowest BCUT2D eigenvalue weighted by molar-refractivity contribution is -0.126. The third-order valence-electron chi connectivity index (χ3n) is 11.3. The number of carbonyl (C=O) groups is 1. The average Bonchev–Trinajstić information content (AvgIpc) is 4.17. The Labute approximate surface area is 367 Å². The molecule has 0 bridgehead atoms. The number of halogens is 6. The number of fused-ring (bicyclic) bond motifs is 2. The number of hydrogen-bond acceptors (Lipinski definition) is 8. The summed E-state index contributed by atoms with van der Waals surface area (Å²) >= 11 is 6.72. The summed E-state index contributed by atoms with van der Waals surface area (Å²) < 4.78 is 106. The van der Waals surface area contributed by atoms with E-state index in [0.29, 0.717) is 18.9 Å². The van der Waals surface area contributed by atoms with Crippen molar-refractivity contribution >= 4 is 55.3 Å². The van der Waals surface area contributed by atoms with E-state index >= 15 is 9.18 Å². The molecule has 13 nitrogen and oxygen atoms in total. The monoisotopic (exact) mass is 919 g/mol. The number of hydrogen-bond donors (Lipinski definition) is 2. The van der Waals surface area contributed by atoms with Gasteiger partial charge in [-0.15, -0.1) is 0 Å². The number of alkyl halides is 2. The molecule has 20 heteroatoms. The van der Waals surface area contributed by atoms with Crippen LogP contribution in [0.4, 0.5) is 27.8 Å². The first-order chi connectivity index (χ1) is 30.6. The van der Waals surface area contributed by atoms with Gasteiger partial charge in [0.1, 0.15) is 35.9 Å². The summed E-state index contributed by atoms with van der Waals surface area (Å²) in [7, 11) is -4.03. The number of rotatable bonds is 15. The van der Waals surface area contributed by atoms with Crippen LogP contribution in [0.2, 0.25) is 5.02 Å². The molecular formula is C44H39ClF5N9O4S. The Kier molecular flexibility index (Phi) is 11.3.